The van der Waals surface area contributed by atoms with Crippen LogP contribution in [0.3, 0.4) is 0 Å². The van der Waals surface area contributed by atoms with Gasteiger partial charge >= 0.3 is 0 Å². The van der Waals surface area contributed by atoms with Crippen molar-refractivity contribution >= 4 is 34.1 Å². The van der Waals surface area contributed by atoms with Crippen LogP contribution in [-0.4, -0.2) is 70.6 Å². The minimum Gasteiger partial charge on any atom is -0.489 e. The number of aliphatic hydroxyl groups is 1. The number of nitrogens with one attached hydrogen (secondary N) is 1. The third-order valence-corrected chi connectivity index (χ3v) is 8.43. The molecule has 3 atom stereocenters. The Kier molecular flexibility index (Phi) is 7.20. The van der Waals surface area contributed by atoms with Crippen LogP contribution in [-0.2, 0) is 11.8 Å². The second-order valence-corrected chi connectivity index (χ2v) is 11.4. The first-order valence-corrected chi connectivity index (χ1v) is 14.2. The molecule has 0 bridgehead atoms. The molecule has 9 heteroatoms. The van der Waals surface area contributed by atoms with Gasteiger partial charge < -0.3 is 25.0 Å². The molecule has 1 aromatic heterocycles. The number of hydrogen-bond donors (Lipinski definition) is 2. The summed E-state index contributed by atoms with van der Waals surface area (Å²) in [5.41, 5.74) is 2.89. The lowest BCUT2D eigenvalue weighted by molar-refractivity contribution is -0.126. The molecule has 6 rings (SSSR count). The number of carbonyl (C=O) groups is 1. The molecule has 3 unspecified atom stereocenters. The van der Waals surface area contributed by atoms with Crippen LogP contribution in [0.5, 0.6) is 5.75 Å². The number of ether oxygens (including phenoxy) is 1. The fraction of sp³-hybridized carbons (Fsp3) is 0.517. The maximum absolute atomic E-state index is 13.5. The van der Waals surface area contributed by atoms with Crippen LogP contribution in [0.15, 0.2) is 42.6 Å². The summed E-state index contributed by atoms with van der Waals surface area (Å²) in [4.78, 5) is 18.1. The van der Waals surface area contributed by atoms with Crippen LogP contribution in [0, 0.1) is 5.92 Å². The van der Waals surface area contributed by atoms with Gasteiger partial charge in [0.15, 0.2) is 0 Å². The molecule has 3 aromatic rings. The Morgan fingerprint density at radius 3 is 2.74 bits per heavy atom. The van der Waals surface area contributed by atoms with Crippen molar-refractivity contribution in [3.05, 3.63) is 53.2 Å². The number of benzene rings is 2. The Morgan fingerprint density at radius 2 is 1.97 bits per heavy atom. The molecule has 0 spiro atoms. The molecule has 8 nitrogen and oxygen atoms in total. The molecule has 1 saturated carbocycles. The van der Waals surface area contributed by atoms with Crippen molar-refractivity contribution in [2.24, 2.45) is 13.0 Å². The van der Waals surface area contributed by atoms with Crippen molar-refractivity contribution in [3.8, 4) is 5.75 Å². The van der Waals surface area contributed by atoms with Gasteiger partial charge in [-0.15, -0.1) is 0 Å². The number of nitrogens with zero attached hydrogens (tertiary/aromatic N) is 4. The average molecular weight is 538 g/mol. The highest BCUT2D eigenvalue weighted by atomic mass is 35.5. The fourth-order valence-electron chi connectivity index (χ4n) is 5.72. The summed E-state index contributed by atoms with van der Waals surface area (Å²) in [5.74, 6) is 0.518. The number of anilines is 1. The number of hydrogen-bond acceptors (Lipinski definition) is 6. The van der Waals surface area contributed by atoms with Gasteiger partial charge in [0, 0.05) is 37.8 Å². The van der Waals surface area contributed by atoms with E-state index in [-0.39, 0.29) is 17.9 Å². The summed E-state index contributed by atoms with van der Waals surface area (Å²) < 4.78 is 7.73. The summed E-state index contributed by atoms with van der Waals surface area (Å²) in [6.45, 7) is 4.06. The second-order valence-electron chi connectivity index (χ2n) is 11.0. The Bertz CT molecular complexity index is 1300. The molecule has 1 aliphatic carbocycles. The van der Waals surface area contributed by atoms with Crippen molar-refractivity contribution in [1.29, 1.82) is 0 Å². The van der Waals surface area contributed by atoms with E-state index in [1.54, 1.807) is 6.07 Å². The molecule has 202 valence electrons. The zero-order valence-electron chi connectivity index (χ0n) is 21.9. The maximum Gasteiger partial charge on any atom is 0.225 e. The normalized spacial score (nSPS) is 21.7. The number of aryl methyl sites for hydroxylation is 1. The highest BCUT2D eigenvalue weighted by Crippen LogP contribution is 2.34. The smallest absolute Gasteiger partial charge is 0.225 e. The molecule has 2 aromatic carbocycles. The highest BCUT2D eigenvalue weighted by Gasteiger charge is 2.33. The number of fused-ring (bicyclic) bond motifs is 1. The van der Waals surface area contributed by atoms with Crippen LogP contribution in [0.25, 0.3) is 10.9 Å². The lowest BCUT2D eigenvalue weighted by Gasteiger charge is -2.30. The predicted octanol–water partition coefficient (Wildman–Crippen LogP) is 3.91. The zero-order valence-corrected chi connectivity index (χ0v) is 22.6. The summed E-state index contributed by atoms with van der Waals surface area (Å²) in [6.07, 6.45) is 6.45. The first-order chi connectivity index (χ1) is 18.4. The monoisotopic (exact) mass is 537 g/mol. The van der Waals surface area contributed by atoms with Gasteiger partial charge in [0.2, 0.25) is 5.91 Å². The van der Waals surface area contributed by atoms with Crippen molar-refractivity contribution in [1.82, 2.24) is 20.0 Å². The number of rotatable bonds is 9. The van der Waals surface area contributed by atoms with Crippen LogP contribution in [0.2, 0.25) is 5.02 Å². The van der Waals surface area contributed by atoms with Crippen LogP contribution in [0.1, 0.15) is 43.8 Å². The number of aliphatic hydroxyl groups excluding tert-OH is 1. The third kappa shape index (κ3) is 5.48. The van der Waals surface area contributed by atoms with E-state index in [4.69, 9.17) is 16.3 Å². The quantitative estimate of drug-likeness (QED) is 0.431. The maximum atomic E-state index is 13.5. The van der Waals surface area contributed by atoms with Gasteiger partial charge in [0.1, 0.15) is 11.9 Å². The van der Waals surface area contributed by atoms with Gasteiger partial charge in [-0.3, -0.25) is 9.48 Å². The van der Waals surface area contributed by atoms with Gasteiger partial charge in [-0.05, 0) is 81.1 Å². The summed E-state index contributed by atoms with van der Waals surface area (Å²) >= 11 is 6.50. The molecule has 38 heavy (non-hydrogen) atoms. The van der Waals surface area contributed by atoms with Gasteiger partial charge in [0.25, 0.3) is 0 Å². The van der Waals surface area contributed by atoms with E-state index in [9.17, 15) is 9.90 Å². The first kappa shape index (κ1) is 25.5. The molecule has 3 fully saturated rings. The lowest BCUT2D eigenvalue weighted by Crippen LogP contribution is -2.48. The van der Waals surface area contributed by atoms with E-state index in [1.807, 2.05) is 30.1 Å². The predicted molar refractivity (Wildman–Crippen MR) is 149 cm³/mol. The molecular formula is C29H36ClN5O3. The highest BCUT2D eigenvalue weighted by molar-refractivity contribution is 6.32. The van der Waals surface area contributed by atoms with Crippen molar-refractivity contribution < 1.29 is 14.6 Å². The zero-order chi connectivity index (χ0) is 26.2. The minimum atomic E-state index is -0.863. The second kappa shape index (κ2) is 10.8. The molecule has 0 radical (unpaired) electrons. The Labute approximate surface area is 228 Å². The Morgan fingerprint density at radius 1 is 1.16 bits per heavy atom. The van der Waals surface area contributed by atoms with Gasteiger partial charge in [-0.2, -0.15) is 5.10 Å². The molecule has 3 heterocycles. The van der Waals surface area contributed by atoms with E-state index in [0.717, 1.165) is 68.3 Å². The standard InChI is InChI=1S/C29H36ClN5O3/c1-33-26-8-5-22(14-21(26)16-31-33)35-13-10-20(17-35)29(37)32-25(18-34-11-2-3-12-34)28(36)19-4-9-27(24(30)15-19)38-23-6-7-23/h4-5,8-9,14-16,20,23,25,28,36H,2-3,6-7,10-13,17-18H2,1H3,(H,32,37). The molecular weight excluding hydrogens is 502 g/mol. The van der Waals surface area contributed by atoms with Crippen molar-refractivity contribution in [3.63, 3.8) is 0 Å². The minimum absolute atomic E-state index is 0.00186. The molecule has 2 saturated heterocycles. The van der Waals surface area contributed by atoms with E-state index in [2.05, 4.69) is 38.4 Å². The summed E-state index contributed by atoms with van der Waals surface area (Å²) in [6, 6.07) is 11.4. The van der Waals surface area contributed by atoms with E-state index in [1.165, 1.54) is 0 Å². The lowest BCUT2D eigenvalue weighted by atomic mass is 10.00. The van der Waals surface area contributed by atoms with Gasteiger partial charge in [0.05, 0.1) is 34.8 Å². The van der Waals surface area contributed by atoms with Crippen LogP contribution in [0.4, 0.5) is 5.69 Å². The molecule has 2 N–H and O–H groups in total. The van der Waals surface area contributed by atoms with Crippen LogP contribution < -0.4 is 15.0 Å². The summed E-state index contributed by atoms with van der Waals surface area (Å²) in [5, 5.41) is 20.6. The summed E-state index contributed by atoms with van der Waals surface area (Å²) in [7, 11) is 1.94. The largest absolute Gasteiger partial charge is 0.489 e. The SMILES string of the molecule is Cn1ncc2cc(N3CCC(C(=O)NC(CN4CCCC4)C(O)c4ccc(OC5CC5)c(Cl)c4)C3)ccc21. The molecule has 2 aliphatic heterocycles. The first-order valence-electron chi connectivity index (χ1n) is 13.8. The van der Waals surface area contributed by atoms with Gasteiger partial charge in [-0.1, -0.05) is 17.7 Å². The topological polar surface area (TPSA) is 82.9 Å². The number of halogens is 1. The van der Waals surface area contributed by atoms with Crippen molar-refractivity contribution in [2.75, 3.05) is 37.6 Å². The average Bonchev–Trinajstić information content (AvgIpc) is 3.27. The molecule has 1 amide bonds. The third-order valence-electron chi connectivity index (χ3n) is 8.13. The van der Waals surface area contributed by atoms with Gasteiger partial charge in [-0.25, -0.2) is 0 Å². The number of amides is 1. The Balaban J connectivity index is 1.14. The van der Waals surface area contributed by atoms with Crippen molar-refractivity contribution in [2.45, 2.75) is 50.4 Å². The number of carbonyl (C=O) groups excluding carboxylic acids is 1. The fourth-order valence-corrected chi connectivity index (χ4v) is 5.95. The Hall–Kier alpha value is -2.81. The van der Waals surface area contributed by atoms with E-state index < -0.39 is 12.1 Å². The van der Waals surface area contributed by atoms with E-state index in [0.29, 0.717) is 29.4 Å². The van der Waals surface area contributed by atoms with E-state index >= 15 is 0 Å². The number of likely N-dealkylation sites (tertiary alicyclic amines) is 1. The molecule has 3 aliphatic rings. The number of aromatic nitrogens is 2. The van der Waals surface area contributed by atoms with Crippen LogP contribution >= 0.6 is 11.6 Å².